The first-order valence-corrected chi connectivity index (χ1v) is 8.61. The van der Waals surface area contributed by atoms with Gasteiger partial charge in [-0.15, -0.1) is 0 Å². The lowest BCUT2D eigenvalue weighted by Crippen LogP contribution is -2.39. The topological polar surface area (TPSA) is 54.0 Å². The zero-order valence-corrected chi connectivity index (χ0v) is 14.4. The molecule has 21 heavy (non-hydrogen) atoms. The highest BCUT2D eigenvalue weighted by atomic mass is 79.9. The van der Waals surface area contributed by atoms with Crippen LogP contribution in [0.15, 0.2) is 16.7 Å². The summed E-state index contributed by atoms with van der Waals surface area (Å²) in [6.45, 7) is 4.86. The molecule has 2 rings (SSSR count). The second-order valence-corrected chi connectivity index (χ2v) is 6.66. The van der Waals surface area contributed by atoms with Crippen LogP contribution >= 0.6 is 15.9 Å². The van der Waals surface area contributed by atoms with Crippen LogP contribution in [0.25, 0.3) is 0 Å². The first-order chi connectivity index (χ1) is 10.1. The summed E-state index contributed by atoms with van der Waals surface area (Å²) in [6, 6.07) is 2.04. The Kier molecular flexibility index (Phi) is 6.03. The van der Waals surface area contributed by atoms with Gasteiger partial charge in [0.1, 0.15) is 5.82 Å². The Balaban J connectivity index is 2.06. The second kappa shape index (κ2) is 7.78. The molecule has 5 heteroatoms. The van der Waals surface area contributed by atoms with Gasteiger partial charge in [-0.1, -0.05) is 19.3 Å². The summed E-state index contributed by atoms with van der Waals surface area (Å²) in [4.78, 5) is 16.8. The number of carbonyl (C=O) groups excluding carboxylic acids is 1. The third kappa shape index (κ3) is 4.43. The molecule has 0 spiro atoms. The summed E-state index contributed by atoms with van der Waals surface area (Å²) in [5, 5.41) is 6.30. The summed E-state index contributed by atoms with van der Waals surface area (Å²) in [6.07, 6.45) is 8.05. The van der Waals surface area contributed by atoms with Crippen molar-refractivity contribution in [2.24, 2.45) is 5.92 Å². The molecule has 1 heterocycles. The van der Waals surface area contributed by atoms with E-state index in [4.69, 9.17) is 0 Å². The third-order valence-corrected chi connectivity index (χ3v) is 4.59. The maximum Gasteiger partial charge on any atom is 0.255 e. The minimum atomic E-state index is -0.0437. The largest absolute Gasteiger partial charge is 0.370 e. The molecule has 1 aliphatic rings. The second-order valence-electron chi connectivity index (χ2n) is 5.74. The quantitative estimate of drug-likeness (QED) is 0.841. The number of pyridine rings is 1. The number of anilines is 1. The Morgan fingerprint density at radius 1 is 1.43 bits per heavy atom. The first-order valence-electron chi connectivity index (χ1n) is 7.82. The van der Waals surface area contributed by atoms with E-state index in [-0.39, 0.29) is 11.9 Å². The Morgan fingerprint density at radius 3 is 2.81 bits per heavy atom. The molecule has 1 saturated carbocycles. The third-order valence-electron chi connectivity index (χ3n) is 4.16. The van der Waals surface area contributed by atoms with Gasteiger partial charge in [-0.05, 0) is 54.6 Å². The summed E-state index contributed by atoms with van der Waals surface area (Å²) >= 11 is 3.39. The van der Waals surface area contributed by atoms with E-state index in [1.54, 1.807) is 6.20 Å². The number of carbonyl (C=O) groups is 1. The number of halogens is 1. The SMILES string of the molecule is CCNc1ncc(Br)cc1C(=O)NC(C)C1CCCCC1. The minimum absolute atomic E-state index is 0.0437. The molecule has 116 valence electrons. The van der Waals surface area contributed by atoms with Crippen molar-refractivity contribution in [1.82, 2.24) is 10.3 Å². The average Bonchev–Trinajstić information content (AvgIpc) is 2.50. The normalized spacial score (nSPS) is 17.3. The van der Waals surface area contributed by atoms with Crippen molar-refractivity contribution in [2.45, 2.75) is 52.0 Å². The van der Waals surface area contributed by atoms with Gasteiger partial charge >= 0.3 is 0 Å². The van der Waals surface area contributed by atoms with Crippen LogP contribution in [0.4, 0.5) is 5.82 Å². The van der Waals surface area contributed by atoms with Crippen LogP contribution in [-0.4, -0.2) is 23.5 Å². The van der Waals surface area contributed by atoms with Gasteiger partial charge in [-0.25, -0.2) is 4.98 Å². The maximum atomic E-state index is 12.5. The highest BCUT2D eigenvalue weighted by Crippen LogP contribution is 2.27. The molecule has 1 unspecified atom stereocenters. The van der Waals surface area contributed by atoms with Gasteiger partial charge in [-0.3, -0.25) is 4.79 Å². The molecule has 0 aliphatic heterocycles. The number of amides is 1. The zero-order chi connectivity index (χ0) is 15.2. The summed E-state index contributed by atoms with van der Waals surface area (Å²) < 4.78 is 0.819. The highest BCUT2D eigenvalue weighted by Gasteiger charge is 2.23. The number of hydrogen-bond acceptors (Lipinski definition) is 3. The van der Waals surface area contributed by atoms with Crippen LogP contribution in [-0.2, 0) is 0 Å². The fourth-order valence-electron chi connectivity index (χ4n) is 2.96. The molecular formula is C16H24BrN3O. The predicted molar refractivity (Wildman–Crippen MR) is 89.6 cm³/mol. The summed E-state index contributed by atoms with van der Waals surface area (Å²) in [5.41, 5.74) is 0.605. The number of nitrogens with zero attached hydrogens (tertiary/aromatic N) is 1. The zero-order valence-electron chi connectivity index (χ0n) is 12.8. The molecule has 1 aliphatic carbocycles. The van der Waals surface area contributed by atoms with Crippen molar-refractivity contribution in [2.75, 3.05) is 11.9 Å². The molecule has 2 N–H and O–H groups in total. The lowest BCUT2D eigenvalue weighted by Gasteiger charge is -2.28. The van der Waals surface area contributed by atoms with Crippen molar-refractivity contribution >= 4 is 27.7 Å². The van der Waals surface area contributed by atoms with Gasteiger partial charge in [0.25, 0.3) is 5.91 Å². The molecular weight excluding hydrogens is 330 g/mol. The van der Waals surface area contributed by atoms with Crippen LogP contribution in [0.3, 0.4) is 0 Å². The lowest BCUT2D eigenvalue weighted by molar-refractivity contribution is 0.0919. The number of nitrogens with one attached hydrogen (secondary N) is 2. The predicted octanol–water partition coefficient (Wildman–Crippen LogP) is 3.97. The van der Waals surface area contributed by atoms with Crippen molar-refractivity contribution in [3.8, 4) is 0 Å². The monoisotopic (exact) mass is 353 g/mol. The van der Waals surface area contributed by atoms with E-state index >= 15 is 0 Å². The lowest BCUT2D eigenvalue weighted by atomic mass is 9.84. The molecule has 1 atom stereocenters. The van der Waals surface area contributed by atoms with E-state index in [0.29, 0.717) is 17.3 Å². The first kappa shape index (κ1) is 16.3. The average molecular weight is 354 g/mol. The molecule has 1 aromatic heterocycles. The molecule has 1 aromatic rings. The fourth-order valence-corrected chi connectivity index (χ4v) is 3.29. The van der Waals surface area contributed by atoms with E-state index in [1.807, 2.05) is 13.0 Å². The molecule has 1 amide bonds. The van der Waals surface area contributed by atoms with E-state index in [9.17, 15) is 4.79 Å². The maximum absolute atomic E-state index is 12.5. The molecule has 0 saturated heterocycles. The molecule has 4 nitrogen and oxygen atoms in total. The van der Waals surface area contributed by atoms with Crippen LogP contribution in [0, 0.1) is 5.92 Å². The van der Waals surface area contributed by atoms with Gasteiger partial charge in [0.05, 0.1) is 5.56 Å². The van der Waals surface area contributed by atoms with E-state index in [1.165, 1.54) is 32.1 Å². The standard InChI is InChI=1S/C16H24BrN3O/c1-3-18-15-14(9-13(17)10-19-15)16(21)20-11(2)12-7-5-4-6-8-12/h9-12H,3-8H2,1-2H3,(H,18,19)(H,20,21). The number of hydrogen-bond donors (Lipinski definition) is 2. The Morgan fingerprint density at radius 2 is 2.14 bits per heavy atom. The van der Waals surface area contributed by atoms with Gasteiger partial charge < -0.3 is 10.6 Å². The summed E-state index contributed by atoms with van der Waals surface area (Å²) in [5.74, 6) is 1.21. The van der Waals surface area contributed by atoms with E-state index in [0.717, 1.165) is 11.0 Å². The van der Waals surface area contributed by atoms with Crippen LogP contribution in [0.1, 0.15) is 56.3 Å². The van der Waals surface area contributed by atoms with Gasteiger partial charge in [-0.2, -0.15) is 0 Å². The Bertz CT molecular complexity index is 486. The highest BCUT2D eigenvalue weighted by molar-refractivity contribution is 9.10. The van der Waals surface area contributed by atoms with Crippen molar-refractivity contribution in [3.63, 3.8) is 0 Å². The fraction of sp³-hybridized carbons (Fsp3) is 0.625. The molecule has 1 fully saturated rings. The number of rotatable bonds is 5. The van der Waals surface area contributed by atoms with Gasteiger partial charge in [0.2, 0.25) is 0 Å². The molecule has 0 aromatic carbocycles. The van der Waals surface area contributed by atoms with E-state index < -0.39 is 0 Å². The Hall–Kier alpha value is -1.10. The van der Waals surface area contributed by atoms with Crippen LogP contribution in [0.5, 0.6) is 0 Å². The smallest absolute Gasteiger partial charge is 0.255 e. The van der Waals surface area contributed by atoms with Gasteiger partial charge in [0, 0.05) is 23.3 Å². The van der Waals surface area contributed by atoms with Crippen molar-refractivity contribution < 1.29 is 4.79 Å². The Labute approximate surface area is 135 Å². The summed E-state index contributed by atoms with van der Waals surface area (Å²) in [7, 11) is 0. The van der Waals surface area contributed by atoms with Crippen LogP contribution in [0.2, 0.25) is 0 Å². The van der Waals surface area contributed by atoms with Gasteiger partial charge in [0.15, 0.2) is 0 Å². The molecule has 0 bridgehead atoms. The minimum Gasteiger partial charge on any atom is -0.370 e. The van der Waals surface area contributed by atoms with Crippen molar-refractivity contribution in [1.29, 1.82) is 0 Å². The van der Waals surface area contributed by atoms with Crippen molar-refractivity contribution in [3.05, 3.63) is 22.3 Å². The van der Waals surface area contributed by atoms with Crippen LogP contribution < -0.4 is 10.6 Å². The molecule has 0 radical (unpaired) electrons. The number of aromatic nitrogens is 1. The van der Waals surface area contributed by atoms with E-state index in [2.05, 4.69) is 38.5 Å².